The molecule has 1 atom stereocenters. The quantitative estimate of drug-likeness (QED) is 0.613. The van der Waals surface area contributed by atoms with E-state index in [-0.39, 0.29) is 18.4 Å². The van der Waals surface area contributed by atoms with Gasteiger partial charge in [-0.3, -0.25) is 19.4 Å². The molecule has 2 amide bonds. The molecular weight excluding hydrogens is 420 g/mol. The fourth-order valence-corrected chi connectivity index (χ4v) is 4.84. The lowest BCUT2D eigenvalue weighted by Crippen LogP contribution is -2.71. The number of nitrogens with zero attached hydrogens (tertiary/aromatic N) is 2. The van der Waals surface area contributed by atoms with Crippen LogP contribution in [-0.4, -0.2) is 77.7 Å². The van der Waals surface area contributed by atoms with E-state index in [1.54, 1.807) is 18.2 Å². The molecule has 3 N–H and O–H groups in total. The maximum absolute atomic E-state index is 12.7. The Morgan fingerprint density at radius 3 is 2.79 bits per heavy atom. The Labute approximate surface area is 193 Å². The summed E-state index contributed by atoms with van der Waals surface area (Å²) in [6, 6.07) is 13.4. The number of fused-ring (bicyclic) bond motifs is 2. The summed E-state index contributed by atoms with van der Waals surface area (Å²) < 4.78 is 6.01. The number of likely N-dealkylation sites (N-methyl/N-ethyl adjacent to an activating group) is 1. The maximum atomic E-state index is 12.7. The van der Waals surface area contributed by atoms with E-state index >= 15 is 0 Å². The highest BCUT2D eigenvalue weighted by molar-refractivity contribution is 6.03. The standard InChI is InChI=1S/C25H30N4O4/c1-2-28-15-25(16-28)24(32)27-21-11-18(7-8-22(21)33-25)23(31)26-12-20(30)14-29-10-9-17-5-3-4-6-19(17)13-29/h3-8,11,20,30H,2,9-10,12-16H2,1H3,(H,26,31)(H,27,32)/t20-/m0/s1. The van der Waals surface area contributed by atoms with Crippen molar-refractivity contribution in [2.45, 2.75) is 31.6 Å². The van der Waals surface area contributed by atoms with Gasteiger partial charge in [0.1, 0.15) is 5.75 Å². The fraction of sp³-hybridized carbons (Fsp3) is 0.440. The van der Waals surface area contributed by atoms with E-state index in [4.69, 9.17) is 4.74 Å². The lowest BCUT2D eigenvalue weighted by molar-refractivity contribution is -0.149. The normalized spacial score (nSPS) is 20.1. The van der Waals surface area contributed by atoms with Crippen molar-refractivity contribution in [3.8, 4) is 5.75 Å². The van der Waals surface area contributed by atoms with Crippen molar-refractivity contribution in [3.05, 3.63) is 59.2 Å². The smallest absolute Gasteiger partial charge is 0.271 e. The minimum absolute atomic E-state index is 0.160. The van der Waals surface area contributed by atoms with E-state index in [0.717, 1.165) is 26.1 Å². The molecule has 174 valence electrons. The number of amides is 2. The summed E-state index contributed by atoms with van der Waals surface area (Å²) >= 11 is 0. The number of nitrogens with one attached hydrogen (secondary N) is 2. The van der Waals surface area contributed by atoms with E-state index in [1.807, 2.05) is 6.07 Å². The molecule has 3 aliphatic rings. The van der Waals surface area contributed by atoms with Crippen LogP contribution >= 0.6 is 0 Å². The monoisotopic (exact) mass is 450 g/mol. The zero-order valence-electron chi connectivity index (χ0n) is 18.8. The Kier molecular flexibility index (Phi) is 5.82. The van der Waals surface area contributed by atoms with Crippen molar-refractivity contribution in [2.75, 3.05) is 44.6 Å². The second-order valence-electron chi connectivity index (χ2n) is 9.18. The van der Waals surface area contributed by atoms with Crippen LogP contribution in [0.4, 0.5) is 5.69 Å². The van der Waals surface area contributed by atoms with Crippen molar-refractivity contribution in [3.63, 3.8) is 0 Å². The molecule has 5 rings (SSSR count). The van der Waals surface area contributed by atoms with Gasteiger partial charge in [0.25, 0.3) is 11.8 Å². The Morgan fingerprint density at radius 1 is 1.21 bits per heavy atom. The summed E-state index contributed by atoms with van der Waals surface area (Å²) in [6.45, 7) is 6.42. The number of anilines is 1. The van der Waals surface area contributed by atoms with Gasteiger partial charge in [-0.25, -0.2) is 0 Å². The number of rotatable bonds is 6. The van der Waals surface area contributed by atoms with E-state index in [1.165, 1.54) is 11.1 Å². The zero-order chi connectivity index (χ0) is 23.0. The van der Waals surface area contributed by atoms with Gasteiger partial charge in [0.15, 0.2) is 0 Å². The first kappa shape index (κ1) is 21.9. The van der Waals surface area contributed by atoms with Crippen molar-refractivity contribution >= 4 is 17.5 Å². The first-order valence-electron chi connectivity index (χ1n) is 11.6. The first-order valence-corrected chi connectivity index (χ1v) is 11.6. The largest absolute Gasteiger partial charge is 0.472 e. The number of ether oxygens (including phenoxy) is 1. The topological polar surface area (TPSA) is 94.1 Å². The molecule has 1 fully saturated rings. The van der Waals surface area contributed by atoms with Gasteiger partial charge in [-0.05, 0) is 42.3 Å². The molecule has 1 spiro atoms. The van der Waals surface area contributed by atoms with Gasteiger partial charge in [0.05, 0.1) is 11.8 Å². The van der Waals surface area contributed by atoms with Crippen molar-refractivity contribution in [1.29, 1.82) is 0 Å². The maximum Gasteiger partial charge on any atom is 0.271 e. The number of hydrogen-bond donors (Lipinski definition) is 3. The molecule has 8 nitrogen and oxygen atoms in total. The minimum Gasteiger partial charge on any atom is -0.472 e. The molecule has 2 aromatic rings. The Morgan fingerprint density at radius 2 is 2.00 bits per heavy atom. The summed E-state index contributed by atoms with van der Waals surface area (Å²) in [4.78, 5) is 29.6. The highest BCUT2D eigenvalue weighted by Gasteiger charge is 2.53. The van der Waals surface area contributed by atoms with Crippen LogP contribution in [0.2, 0.25) is 0 Å². The number of β-amino-alcohol motifs (C(OH)–C–C–N with tert-alkyl or cyclic N) is 1. The second-order valence-corrected chi connectivity index (χ2v) is 9.18. The average Bonchev–Trinajstić information content (AvgIpc) is 2.80. The van der Waals surface area contributed by atoms with Crippen molar-refractivity contribution < 1.29 is 19.4 Å². The number of hydrogen-bond acceptors (Lipinski definition) is 6. The van der Waals surface area contributed by atoms with E-state index < -0.39 is 11.7 Å². The molecule has 8 heteroatoms. The Balaban J connectivity index is 1.14. The molecule has 3 aliphatic heterocycles. The number of likely N-dealkylation sites (tertiary alicyclic amines) is 1. The summed E-state index contributed by atoms with van der Waals surface area (Å²) in [5.41, 5.74) is 2.75. The zero-order valence-corrected chi connectivity index (χ0v) is 18.8. The highest BCUT2D eigenvalue weighted by atomic mass is 16.5. The van der Waals surface area contributed by atoms with Crippen LogP contribution in [0.1, 0.15) is 28.4 Å². The van der Waals surface area contributed by atoms with Crippen LogP contribution in [-0.2, 0) is 17.8 Å². The van der Waals surface area contributed by atoms with Crippen LogP contribution in [0, 0.1) is 0 Å². The summed E-state index contributed by atoms with van der Waals surface area (Å²) in [5, 5.41) is 16.2. The molecular formula is C25H30N4O4. The summed E-state index contributed by atoms with van der Waals surface area (Å²) in [7, 11) is 0. The molecule has 0 unspecified atom stereocenters. The molecule has 0 aromatic heterocycles. The predicted molar refractivity (Wildman–Crippen MR) is 124 cm³/mol. The molecule has 1 saturated heterocycles. The fourth-order valence-electron chi connectivity index (χ4n) is 4.84. The van der Waals surface area contributed by atoms with Gasteiger partial charge < -0.3 is 20.5 Å². The molecule has 33 heavy (non-hydrogen) atoms. The predicted octanol–water partition coefficient (Wildman–Crippen LogP) is 1.24. The van der Waals surface area contributed by atoms with E-state index in [9.17, 15) is 14.7 Å². The van der Waals surface area contributed by atoms with Gasteiger partial charge in [0.2, 0.25) is 5.60 Å². The van der Waals surface area contributed by atoms with Crippen LogP contribution in [0.3, 0.4) is 0 Å². The highest BCUT2D eigenvalue weighted by Crippen LogP contribution is 2.38. The third-order valence-corrected chi connectivity index (χ3v) is 6.79. The van der Waals surface area contributed by atoms with Crippen LogP contribution in [0.15, 0.2) is 42.5 Å². The SMILES string of the molecule is CCN1CC2(C1)Oc1ccc(C(=O)NC[C@H](O)CN3CCc4ccccc4C3)cc1NC2=O. The Bertz CT molecular complexity index is 1070. The van der Waals surface area contributed by atoms with Gasteiger partial charge in [-0.1, -0.05) is 31.2 Å². The van der Waals surface area contributed by atoms with Crippen LogP contribution in [0.5, 0.6) is 5.75 Å². The first-order chi connectivity index (χ1) is 16.0. The molecule has 3 heterocycles. The molecule has 0 radical (unpaired) electrons. The van der Waals surface area contributed by atoms with Crippen molar-refractivity contribution in [1.82, 2.24) is 15.1 Å². The number of aliphatic hydroxyl groups excluding tert-OH is 1. The van der Waals surface area contributed by atoms with E-state index in [2.05, 4.69) is 45.6 Å². The second kappa shape index (κ2) is 8.78. The van der Waals surface area contributed by atoms with Gasteiger partial charge in [-0.15, -0.1) is 0 Å². The average molecular weight is 451 g/mol. The molecule has 0 bridgehead atoms. The lowest BCUT2D eigenvalue weighted by atomic mass is 9.91. The molecule has 2 aromatic carbocycles. The lowest BCUT2D eigenvalue weighted by Gasteiger charge is -2.49. The number of aliphatic hydroxyl groups is 1. The molecule has 0 saturated carbocycles. The summed E-state index contributed by atoms with van der Waals surface area (Å²) in [6.07, 6.45) is 0.301. The van der Waals surface area contributed by atoms with E-state index in [0.29, 0.717) is 36.6 Å². The summed E-state index contributed by atoms with van der Waals surface area (Å²) in [5.74, 6) is 0.110. The van der Waals surface area contributed by atoms with Gasteiger partial charge in [-0.2, -0.15) is 0 Å². The Hall–Kier alpha value is -2.94. The third kappa shape index (κ3) is 4.34. The third-order valence-electron chi connectivity index (χ3n) is 6.79. The van der Waals surface area contributed by atoms with Gasteiger partial charge in [0, 0.05) is 44.8 Å². The van der Waals surface area contributed by atoms with Crippen LogP contribution in [0.25, 0.3) is 0 Å². The van der Waals surface area contributed by atoms with Gasteiger partial charge >= 0.3 is 0 Å². The molecule has 0 aliphatic carbocycles. The van der Waals surface area contributed by atoms with Crippen LogP contribution < -0.4 is 15.4 Å². The number of benzene rings is 2. The number of carbonyl (C=O) groups excluding carboxylic acids is 2. The minimum atomic E-state index is -0.828. The van der Waals surface area contributed by atoms with Crippen molar-refractivity contribution in [2.24, 2.45) is 0 Å². The number of carbonyl (C=O) groups is 2.